The van der Waals surface area contributed by atoms with Gasteiger partial charge >= 0.3 is 0 Å². The molecule has 0 amide bonds. The molecule has 3 heterocycles. The molecule has 160 valence electrons. The van der Waals surface area contributed by atoms with Crippen LogP contribution < -0.4 is 4.57 Å². The summed E-state index contributed by atoms with van der Waals surface area (Å²) < 4.78 is 29.7. The molecule has 0 bridgehead atoms. The van der Waals surface area contributed by atoms with E-state index in [0.717, 1.165) is 22.8 Å². The first-order valence-electron chi connectivity index (χ1n) is 12.3. The smallest absolute Gasteiger partial charge is 0.231 e. The highest BCUT2D eigenvalue weighted by Gasteiger charge is 2.25. The van der Waals surface area contributed by atoms with Gasteiger partial charge in [0.1, 0.15) is 12.7 Å². The summed E-state index contributed by atoms with van der Waals surface area (Å²) in [6.07, 6.45) is 0. The molecule has 0 aliphatic carbocycles. The van der Waals surface area contributed by atoms with Crippen LogP contribution in [-0.2, 0) is 14.1 Å². The Morgan fingerprint density at radius 3 is 2.31 bits per heavy atom. The Morgan fingerprint density at radius 2 is 1.59 bits per heavy atom. The molecule has 0 aliphatic rings. The van der Waals surface area contributed by atoms with Crippen LogP contribution >= 0.6 is 0 Å². The van der Waals surface area contributed by atoms with Crippen molar-refractivity contribution in [2.75, 3.05) is 0 Å². The third kappa shape index (κ3) is 2.98. The predicted octanol–water partition coefficient (Wildman–Crippen LogP) is 5.73. The Labute approximate surface area is 193 Å². The maximum absolute atomic E-state index is 7.84. The van der Waals surface area contributed by atoms with Gasteiger partial charge in [0.25, 0.3) is 0 Å². The van der Waals surface area contributed by atoms with Crippen molar-refractivity contribution in [2.24, 2.45) is 14.1 Å². The van der Waals surface area contributed by atoms with Crippen molar-refractivity contribution < 1.29 is 8.68 Å². The number of imidazole rings is 2. The molecular weight excluding hydrogens is 392 g/mol. The van der Waals surface area contributed by atoms with E-state index in [4.69, 9.17) is 4.11 Å². The molecule has 0 saturated heterocycles. The molecule has 0 fully saturated rings. The lowest BCUT2D eigenvalue weighted by Crippen LogP contribution is -2.34. The average molecular weight is 425 g/mol. The SMILES string of the molecule is [2H]C([2H])([2H])c1nc2n(C)c(-c3cccc(-c4cc(-c5ccccc5)ccc4C)[n+]3C)c(C)n2c1C. The van der Waals surface area contributed by atoms with E-state index in [9.17, 15) is 0 Å². The molecule has 5 aromatic rings. The molecule has 4 heteroatoms. The van der Waals surface area contributed by atoms with Gasteiger partial charge in [-0.15, -0.1) is 0 Å². The second-order valence-corrected chi connectivity index (χ2v) is 8.43. The van der Waals surface area contributed by atoms with E-state index in [1.54, 1.807) is 0 Å². The zero-order valence-electron chi connectivity index (χ0n) is 22.1. The number of hydrogen-bond acceptors (Lipinski definition) is 1. The summed E-state index contributed by atoms with van der Waals surface area (Å²) in [4.78, 5) is 4.51. The third-order valence-electron chi connectivity index (χ3n) is 6.50. The van der Waals surface area contributed by atoms with Gasteiger partial charge in [-0.2, -0.15) is 4.57 Å². The van der Waals surface area contributed by atoms with Gasteiger partial charge in [0.15, 0.2) is 0 Å². The number of hydrogen-bond donors (Lipinski definition) is 0. The van der Waals surface area contributed by atoms with Crippen LogP contribution in [0.2, 0.25) is 0 Å². The molecule has 0 saturated carbocycles. The fraction of sp³-hybridized carbons (Fsp3) is 0.214. The minimum Gasteiger partial charge on any atom is -0.308 e. The first-order valence-corrected chi connectivity index (χ1v) is 10.8. The quantitative estimate of drug-likeness (QED) is 0.340. The minimum absolute atomic E-state index is 0.157. The van der Waals surface area contributed by atoms with Crippen LogP contribution in [0.25, 0.3) is 39.5 Å². The Hall–Kier alpha value is -3.66. The Bertz CT molecular complexity index is 1570. The van der Waals surface area contributed by atoms with Crippen molar-refractivity contribution in [3.8, 4) is 33.8 Å². The number of pyridine rings is 1. The van der Waals surface area contributed by atoms with Gasteiger partial charge < -0.3 is 4.57 Å². The average Bonchev–Trinajstić information content (AvgIpc) is 3.30. The fourth-order valence-corrected chi connectivity index (χ4v) is 4.72. The fourth-order valence-electron chi connectivity index (χ4n) is 4.72. The number of nitrogens with zero attached hydrogens (tertiary/aromatic N) is 4. The van der Waals surface area contributed by atoms with Crippen LogP contribution in [0.15, 0.2) is 66.7 Å². The van der Waals surface area contributed by atoms with Gasteiger partial charge in [-0.3, -0.25) is 4.40 Å². The molecule has 5 rings (SSSR count). The van der Waals surface area contributed by atoms with Crippen LogP contribution in [0, 0.1) is 27.6 Å². The number of rotatable bonds is 3. The molecule has 0 unspecified atom stereocenters. The lowest BCUT2D eigenvalue weighted by atomic mass is 9.97. The molecular formula is C28H29N4+. The maximum atomic E-state index is 7.84. The molecule has 4 nitrogen and oxygen atoms in total. The van der Waals surface area contributed by atoms with Crippen molar-refractivity contribution in [2.45, 2.75) is 27.6 Å². The molecule has 0 spiro atoms. The standard InChI is InChI=1S/C28H29N4/c1-18-15-16-23(22-11-8-7-9-12-22)17-24(18)25-13-10-14-26(30(25)5)27-21(4)32-20(3)19(2)29-28(32)31(27)6/h7-17H,1-6H3/q+1/i2D3. The van der Waals surface area contributed by atoms with Gasteiger partial charge in [-0.05, 0) is 56.4 Å². The Morgan fingerprint density at radius 1 is 0.844 bits per heavy atom. The molecule has 2 aromatic carbocycles. The summed E-state index contributed by atoms with van der Waals surface area (Å²) in [6.45, 7) is 3.74. The van der Waals surface area contributed by atoms with E-state index in [1.807, 2.05) is 35.9 Å². The van der Waals surface area contributed by atoms with Crippen molar-refractivity contribution in [1.29, 1.82) is 0 Å². The number of aryl methyl sites for hydroxylation is 5. The van der Waals surface area contributed by atoms with Crippen molar-refractivity contribution in [1.82, 2.24) is 14.0 Å². The Kier molecular flexibility index (Phi) is 3.97. The predicted molar refractivity (Wildman–Crippen MR) is 131 cm³/mol. The summed E-state index contributed by atoms with van der Waals surface area (Å²) in [7, 11) is 4.02. The summed E-state index contributed by atoms with van der Waals surface area (Å²) in [5.41, 5.74) is 9.67. The zero-order chi connectivity index (χ0) is 25.1. The lowest BCUT2D eigenvalue weighted by molar-refractivity contribution is -0.649. The van der Waals surface area contributed by atoms with Crippen molar-refractivity contribution in [3.05, 3.63) is 89.4 Å². The van der Waals surface area contributed by atoms with E-state index in [0.29, 0.717) is 11.5 Å². The minimum atomic E-state index is -2.24. The highest BCUT2D eigenvalue weighted by molar-refractivity contribution is 5.73. The molecule has 3 aromatic heterocycles. The van der Waals surface area contributed by atoms with E-state index < -0.39 is 6.85 Å². The summed E-state index contributed by atoms with van der Waals surface area (Å²) in [5, 5.41) is 0. The molecule has 0 atom stereocenters. The van der Waals surface area contributed by atoms with Crippen LogP contribution in [0.4, 0.5) is 0 Å². The molecule has 0 aliphatic heterocycles. The van der Waals surface area contributed by atoms with E-state index >= 15 is 0 Å². The second-order valence-electron chi connectivity index (χ2n) is 8.43. The normalized spacial score (nSPS) is 13.2. The maximum Gasteiger partial charge on any atom is 0.231 e. The molecule has 0 N–H and O–H groups in total. The summed E-state index contributed by atoms with van der Waals surface area (Å²) in [6, 6.07) is 23.3. The van der Waals surface area contributed by atoms with E-state index in [-0.39, 0.29) is 5.69 Å². The topological polar surface area (TPSA) is 26.1 Å². The van der Waals surface area contributed by atoms with Gasteiger partial charge in [-0.1, -0.05) is 42.5 Å². The summed E-state index contributed by atoms with van der Waals surface area (Å²) >= 11 is 0. The van der Waals surface area contributed by atoms with Gasteiger partial charge in [0, 0.05) is 34.6 Å². The van der Waals surface area contributed by atoms with Crippen LogP contribution in [0.1, 0.15) is 26.8 Å². The van der Waals surface area contributed by atoms with Gasteiger partial charge in [0.2, 0.25) is 17.2 Å². The van der Waals surface area contributed by atoms with Crippen LogP contribution in [0.3, 0.4) is 0 Å². The largest absolute Gasteiger partial charge is 0.308 e. The monoisotopic (exact) mass is 424 g/mol. The van der Waals surface area contributed by atoms with Crippen LogP contribution in [-0.4, -0.2) is 14.0 Å². The number of fused-ring (bicyclic) bond motifs is 1. The van der Waals surface area contributed by atoms with E-state index in [2.05, 4.69) is 84.2 Å². The third-order valence-corrected chi connectivity index (χ3v) is 6.50. The van der Waals surface area contributed by atoms with Crippen molar-refractivity contribution >= 4 is 5.78 Å². The van der Waals surface area contributed by atoms with Gasteiger partial charge in [-0.25, -0.2) is 4.98 Å². The second kappa shape index (κ2) is 7.49. The lowest BCUT2D eigenvalue weighted by Gasteiger charge is -2.11. The van der Waals surface area contributed by atoms with E-state index in [1.165, 1.54) is 22.3 Å². The Balaban J connectivity index is 1.69. The highest BCUT2D eigenvalue weighted by atomic mass is 15.2. The summed E-state index contributed by atoms with van der Waals surface area (Å²) in [5.74, 6) is 0.633. The van der Waals surface area contributed by atoms with Crippen molar-refractivity contribution in [3.63, 3.8) is 0 Å². The molecule has 32 heavy (non-hydrogen) atoms. The number of benzene rings is 2. The molecule has 0 radical (unpaired) electrons. The first-order chi connectivity index (χ1) is 16.6. The zero-order valence-corrected chi connectivity index (χ0v) is 19.1. The van der Waals surface area contributed by atoms with Crippen LogP contribution in [0.5, 0.6) is 0 Å². The van der Waals surface area contributed by atoms with Gasteiger partial charge in [0.05, 0.1) is 11.4 Å². The number of aromatic nitrogens is 4. The first kappa shape index (κ1) is 17.0. The highest BCUT2D eigenvalue weighted by Crippen LogP contribution is 2.31.